The number of fused-ring (bicyclic) bond motifs is 1. The molecule has 0 saturated carbocycles. The normalized spacial score (nSPS) is 11.0. The van der Waals surface area contributed by atoms with Crippen molar-refractivity contribution in [2.24, 2.45) is 0 Å². The fourth-order valence-corrected chi connectivity index (χ4v) is 3.27. The number of aliphatic carboxylic acids is 1. The number of aromatic nitrogens is 2. The number of carboxylic acids is 1. The molecule has 0 saturated heterocycles. The third kappa shape index (κ3) is 2.56. The van der Waals surface area contributed by atoms with E-state index < -0.39 is 5.97 Å². The molecule has 0 amide bonds. The number of anilines is 1. The van der Waals surface area contributed by atoms with Gasteiger partial charge in [0.25, 0.3) is 0 Å². The minimum absolute atomic E-state index is 0.0454. The van der Waals surface area contributed by atoms with E-state index in [0.29, 0.717) is 17.4 Å². The number of nitrogen functional groups attached to an aromatic ring is 1. The van der Waals surface area contributed by atoms with Crippen LogP contribution >= 0.6 is 23.1 Å². The highest BCUT2D eigenvalue weighted by Gasteiger charge is 2.12. The summed E-state index contributed by atoms with van der Waals surface area (Å²) in [6, 6.07) is 0. The Balaban J connectivity index is 2.29. The van der Waals surface area contributed by atoms with Crippen LogP contribution in [0.2, 0.25) is 0 Å². The van der Waals surface area contributed by atoms with Crippen LogP contribution in [0.25, 0.3) is 10.2 Å². The number of hydrogen-bond donors (Lipinski definition) is 2. The van der Waals surface area contributed by atoms with Crippen molar-refractivity contribution >= 4 is 45.1 Å². The Bertz CT molecular complexity index is 610. The average Bonchev–Trinajstić information content (AvgIpc) is 2.54. The van der Waals surface area contributed by atoms with Gasteiger partial charge < -0.3 is 10.8 Å². The van der Waals surface area contributed by atoms with Gasteiger partial charge in [-0.25, -0.2) is 9.97 Å². The van der Waals surface area contributed by atoms with E-state index >= 15 is 0 Å². The first-order valence-electron chi connectivity index (χ1n) is 5.30. The molecule has 0 bridgehead atoms. The van der Waals surface area contributed by atoms with Crippen molar-refractivity contribution in [1.82, 2.24) is 9.97 Å². The smallest absolute Gasteiger partial charge is 0.313 e. The second-order valence-corrected chi connectivity index (χ2v) is 6.06. The molecule has 5 nitrogen and oxygen atoms in total. The molecule has 2 heterocycles. The number of nitrogens with two attached hydrogens (primary N) is 1. The molecule has 0 spiro atoms. The van der Waals surface area contributed by atoms with Gasteiger partial charge in [-0.2, -0.15) is 0 Å². The van der Waals surface area contributed by atoms with Gasteiger partial charge in [-0.1, -0.05) is 0 Å². The summed E-state index contributed by atoms with van der Waals surface area (Å²) in [6.45, 7) is 4.03. The molecule has 0 atom stereocenters. The van der Waals surface area contributed by atoms with E-state index in [1.807, 2.05) is 13.8 Å². The van der Waals surface area contributed by atoms with Gasteiger partial charge in [0.15, 0.2) is 0 Å². The molecule has 2 aromatic heterocycles. The summed E-state index contributed by atoms with van der Waals surface area (Å²) in [7, 11) is 0. The molecule has 2 rings (SSSR count). The number of hydrogen-bond acceptors (Lipinski definition) is 6. The molecule has 96 valence electrons. The first-order valence-corrected chi connectivity index (χ1v) is 7.27. The molecule has 0 aliphatic heterocycles. The van der Waals surface area contributed by atoms with Gasteiger partial charge in [0.2, 0.25) is 0 Å². The van der Waals surface area contributed by atoms with Crippen LogP contribution in [0, 0.1) is 13.8 Å². The van der Waals surface area contributed by atoms with Gasteiger partial charge in [-0.15, -0.1) is 23.1 Å². The number of thioether (sulfide) groups is 1. The lowest BCUT2D eigenvalue weighted by Crippen LogP contribution is -2.02. The molecule has 0 aliphatic rings. The largest absolute Gasteiger partial charge is 0.481 e. The maximum absolute atomic E-state index is 10.4. The zero-order valence-electron chi connectivity index (χ0n) is 10.1. The third-order valence-electron chi connectivity index (χ3n) is 2.56. The minimum atomic E-state index is -0.836. The van der Waals surface area contributed by atoms with Crippen molar-refractivity contribution in [2.75, 3.05) is 11.5 Å². The second kappa shape index (κ2) is 5.11. The first-order chi connectivity index (χ1) is 8.49. The number of thiophene rings is 1. The van der Waals surface area contributed by atoms with E-state index in [0.717, 1.165) is 15.8 Å². The summed E-state index contributed by atoms with van der Waals surface area (Å²) >= 11 is 2.86. The Hall–Kier alpha value is -1.34. The fraction of sp³-hybridized carbons (Fsp3) is 0.364. The number of nitrogens with zero attached hydrogens (tertiary/aromatic N) is 2. The predicted molar refractivity (Wildman–Crippen MR) is 75.1 cm³/mol. The van der Waals surface area contributed by atoms with Crippen LogP contribution in [0.5, 0.6) is 0 Å². The van der Waals surface area contributed by atoms with Crippen LogP contribution in [0.3, 0.4) is 0 Å². The van der Waals surface area contributed by atoms with E-state index in [4.69, 9.17) is 10.8 Å². The van der Waals surface area contributed by atoms with Crippen molar-refractivity contribution in [3.63, 3.8) is 0 Å². The minimum Gasteiger partial charge on any atom is -0.481 e. The van der Waals surface area contributed by atoms with Crippen LogP contribution < -0.4 is 5.73 Å². The van der Waals surface area contributed by atoms with E-state index in [1.165, 1.54) is 16.6 Å². The average molecular weight is 283 g/mol. The van der Waals surface area contributed by atoms with Gasteiger partial charge in [-0.05, 0) is 19.4 Å². The third-order valence-corrected chi connectivity index (χ3v) is 4.57. The number of carboxylic acid groups (broad SMARTS) is 1. The maximum atomic E-state index is 10.4. The molecule has 0 unspecified atom stereocenters. The number of aryl methyl sites for hydroxylation is 2. The predicted octanol–water partition coefficient (Wildman–Crippen LogP) is 2.21. The summed E-state index contributed by atoms with van der Waals surface area (Å²) in [5, 5.41) is 9.49. The molecule has 7 heteroatoms. The van der Waals surface area contributed by atoms with Gasteiger partial charge in [-0.3, -0.25) is 4.79 Å². The monoisotopic (exact) mass is 283 g/mol. The number of carbonyl (C=O) groups is 1. The Morgan fingerprint density at radius 3 is 2.83 bits per heavy atom. The fourth-order valence-electron chi connectivity index (χ4n) is 1.62. The Kier molecular flexibility index (Phi) is 3.72. The van der Waals surface area contributed by atoms with Crippen LogP contribution in [-0.2, 0) is 10.5 Å². The molecular formula is C11H13N3O2S2. The second-order valence-electron chi connectivity index (χ2n) is 3.88. The van der Waals surface area contributed by atoms with Crippen LogP contribution in [0.15, 0.2) is 0 Å². The highest BCUT2D eigenvalue weighted by atomic mass is 32.2. The van der Waals surface area contributed by atoms with Crippen molar-refractivity contribution in [1.29, 1.82) is 0 Å². The van der Waals surface area contributed by atoms with Crippen molar-refractivity contribution < 1.29 is 9.90 Å². The summed E-state index contributed by atoms with van der Waals surface area (Å²) in [4.78, 5) is 21.2. The molecule has 0 fully saturated rings. The van der Waals surface area contributed by atoms with Gasteiger partial charge in [0.05, 0.1) is 16.9 Å². The first kappa shape index (κ1) is 13.1. The van der Waals surface area contributed by atoms with Gasteiger partial charge in [0.1, 0.15) is 16.5 Å². The Morgan fingerprint density at radius 1 is 1.44 bits per heavy atom. The zero-order valence-corrected chi connectivity index (χ0v) is 11.7. The van der Waals surface area contributed by atoms with E-state index in [1.54, 1.807) is 11.3 Å². The highest BCUT2D eigenvalue weighted by molar-refractivity contribution is 7.99. The van der Waals surface area contributed by atoms with Crippen LogP contribution in [0.1, 0.15) is 16.3 Å². The van der Waals surface area contributed by atoms with E-state index in [-0.39, 0.29) is 5.75 Å². The summed E-state index contributed by atoms with van der Waals surface area (Å²) < 4.78 is 0. The SMILES string of the molecule is Cc1sc2nc(CSCC(=O)O)nc(N)c2c1C. The molecule has 3 N–H and O–H groups in total. The van der Waals surface area contributed by atoms with E-state index in [9.17, 15) is 4.79 Å². The van der Waals surface area contributed by atoms with Gasteiger partial charge in [0, 0.05) is 4.88 Å². The van der Waals surface area contributed by atoms with Gasteiger partial charge >= 0.3 is 5.97 Å². The topological polar surface area (TPSA) is 89.1 Å². The van der Waals surface area contributed by atoms with Crippen molar-refractivity contribution in [3.05, 3.63) is 16.3 Å². The summed E-state index contributed by atoms with van der Waals surface area (Å²) in [6.07, 6.45) is 0. The summed E-state index contributed by atoms with van der Waals surface area (Å²) in [5.74, 6) is 0.740. The molecule has 0 radical (unpaired) electrons. The standard InChI is InChI=1S/C11H13N3O2S2/c1-5-6(2)18-11-9(5)10(12)13-7(14-11)3-17-4-8(15)16/h3-4H2,1-2H3,(H,15,16)(H2,12,13,14). The lowest BCUT2D eigenvalue weighted by atomic mass is 10.2. The quantitative estimate of drug-likeness (QED) is 0.894. The summed E-state index contributed by atoms with van der Waals surface area (Å²) in [5.41, 5.74) is 7.06. The molecule has 18 heavy (non-hydrogen) atoms. The molecule has 2 aromatic rings. The van der Waals surface area contributed by atoms with Crippen molar-refractivity contribution in [3.8, 4) is 0 Å². The number of rotatable bonds is 4. The lowest BCUT2D eigenvalue weighted by molar-refractivity contribution is -0.133. The highest BCUT2D eigenvalue weighted by Crippen LogP contribution is 2.32. The molecular weight excluding hydrogens is 270 g/mol. The van der Waals surface area contributed by atoms with E-state index in [2.05, 4.69) is 9.97 Å². The maximum Gasteiger partial charge on any atom is 0.313 e. The molecule has 0 aliphatic carbocycles. The van der Waals surface area contributed by atoms with Crippen LogP contribution in [-0.4, -0.2) is 26.8 Å². The zero-order chi connectivity index (χ0) is 13.3. The van der Waals surface area contributed by atoms with Crippen molar-refractivity contribution in [2.45, 2.75) is 19.6 Å². The Morgan fingerprint density at radius 2 is 2.17 bits per heavy atom. The molecule has 0 aromatic carbocycles. The lowest BCUT2D eigenvalue weighted by Gasteiger charge is -2.02. The van der Waals surface area contributed by atoms with Crippen LogP contribution in [0.4, 0.5) is 5.82 Å². The Labute approximate surface area is 112 Å².